The SMILES string of the molecule is CC(C)c1c(C(=O)N[C@H]2CCOc3ccccc32)sc2c(C3(F)CCCCC3)ccnc12.CC(C)c1c(C(=O)N[C@H]2CCOc3ccccc32)sc2c(C3(O)CCCCC3)ccnc12. The fourth-order valence-electron chi connectivity index (χ4n) is 10.4. The van der Waals surface area contributed by atoms with Gasteiger partial charge in [-0.25, -0.2) is 4.39 Å². The summed E-state index contributed by atoms with van der Waals surface area (Å²) in [6.45, 7) is 9.51. The number of rotatable bonds is 8. The number of ether oxygens (including phenoxy) is 2. The lowest BCUT2D eigenvalue weighted by Crippen LogP contribution is -2.32. The first-order chi connectivity index (χ1) is 31.0. The molecule has 0 saturated heterocycles. The van der Waals surface area contributed by atoms with E-state index in [0.29, 0.717) is 41.4 Å². The fourth-order valence-corrected chi connectivity index (χ4v) is 13.2. The Morgan fingerprint density at radius 3 is 1.58 bits per heavy atom. The van der Waals surface area contributed by atoms with E-state index in [9.17, 15) is 14.7 Å². The molecule has 2 fully saturated rings. The first kappa shape index (κ1) is 44.3. The monoisotopic (exact) mass is 902 g/mol. The summed E-state index contributed by atoms with van der Waals surface area (Å²) in [5.74, 6) is 1.74. The van der Waals surface area contributed by atoms with Gasteiger partial charge < -0.3 is 25.2 Å². The van der Waals surface area contributed by atoms with E-state index in [0.717, 1.165) is 118 Å². The predicted molar refractivity (Wildman–Crippen MR) is 254 cm³/mol. The predicted octanol–water partition coefficient (Wildman–Crippen LogP) is 12.6. The Morgan fingerprint density at radius 2 is 1.09 bits per heavy atom. The number of thiophene rings is 2. The van der Waals surface area contributed by atoms with Gasteiger partial charge in [-0.2, -0.15) is 0 Å². The van der Waals surface area contributed by atoms with Gasteiger partial charge in [-0.1, -0.05) is 89.8 Å². The van der Waals surface area contributed by atoms with Crippen molar-refractivity contribution in [3.8, 4) is 11.5 Å². The topological polar surface area (TPSA) is 123 Å². The molecule has 2 saturated carbocycles. The quantitative estimate of drug-likeness (QED) is 0.139. The van der Waals surface area contributed by atoms with Crippen molar-refractivity contribution in [3.63, 3.8) is 0 Å². The van der Waals surface area contributed by atoms with Crippen molar-refractivity contribution in [3.05, 3.63) is 116 Å². The molecule has 9 nitrogen and oxygen atoms in total. The number of para-hydroxylation sites is 2. The van der Waals surface area contributed by atoms with Crippen LogP contribution in [0.15, 0.2) is 73.1 Å². The average Bonchev–Trinajstić information content (AvgIpc) is 3.91. The van der Waals surface area contributed by atoms with Crippen molar-refractivity contribution >= 4 is 54.9 Å². The summed E-state index contributed by atoms with van der Waals surface area (Å²) in [6.07, 6.45) is 13.7. The van der Waals surface area contributed by atoms with Crippen LogP contribution in [0, 0.1) is 0 Å². The van der Waals surface area contributed by atoms with Gasteiger partial charge in [0.25, 0.3) is 11.8 Å². The van der Waals surface area contributed by atoms with Gasteiger partial charge in [0.2, 0.25) is 0 Å². The van der Waals surface area contributed by atoms with Gasteiger partial charge in [-0.3, -0.25) is 19.6 Å². The third-order valence-electron chi connectivity index (χ3n) is 13.6. The molecule has 0 bridgehead atoms. The van der Waals surface area contributed by atoms with Crippen molar-refractivity contribution in [1.29, 1.82) is 0 Å². The molecule has 0 unspecified atom stereocenters. The van der Waals surface area contributed by atoms with Crippen LogP contribution in [0.4, 0.5) is 4.39 Å². The van der Waals surface area contributed by atoms with Crippen LogP contribution < -0.4 is 20.1 Å². The summed E-state index contributed by atoms with van der Waals surface area (Å²) in [5, 5.41) is 17.9. The second-order valence-corrected chi connectivity index (χ2v) is 20.6. The molecule has 0 spiro atoms. The smallest absolute Gasteiger partial charge is 0.262 e. The zero-order valence-electron chi connectivity index (χ0n) is 37.3. The van der Waals surface area contributed by atoms with E-state index >= 15 is 4.39 Å². The lowest BCUT2D eigenvalue weighted by molar-refractivity contribution is 0.000842. The highest BCUT2D eigenvalue weighted by atomic mass is 32.1. The van der Waals surface area contributed by atoms with Crippen LogP contribution in [0.5, 0.6) is 11.5 Å². The molecule has 2 aromatic carbocycles. The van der Waals surface area contributed by atoms with E-state index in [1.54, 1.807) is 12.4 Å². The maximum atomic E-state index is 16.0. The molecule has 3 N–H and O–H groups in total. The molecule has 4 aromatic heterocycles. The van der Waals surface area contributed by atoms with Gasteiger partial charge in [-0.15, -0.1) is 22.7 Å². The van der Waals surface area contributed by atoms with Crippen LogP contribution in [0.3, 0.4) is 0 Å². The molecule has 64 heavy (non-hydrogen) atoms. The molecule has 6 heterocycles. The lowest BCUT2D eigenvalue weighted by atomic mass is 9.80. The van der Waals surface area contributed by atoms with Crippen LogP contribution in [-0.4, -0.2) is 40.1 Å². The molecule has 12 heteroatoms. The van der Waals surface area contributed by atoms with Crippen molar-refractivity contribution in [1.82, 2.24) is 20.6 Å². The summed E-state index contributed by atoms with van der Waals surface area (Å²) in [7, 11) is 0. The van der Waals surface area contributed by atoms with E-state index in [2.05, 4.69) is 48.3 Å². The van der Waals surface area contributed by atoms with Crippen LogP contribution in [0.2, 0.25) is 0 Å². The standard InChI is InChI=1S/C26H29FN2O2S.C26H30N2O3S/c1-16(2)21-22-23(18(10-14-28-22)26(27)12-6-3-7-13-26)32-24(21)25(30)29-19-11-15-31-20-9-5-4-8-17(19)20;1-16(2)21-22-23(18(10-14-27-22)26(30)12-6-3-7-13-26)32-24(21)25(29)28-19-11-15-31-20-9-5-4-8-17(19)20/h4-5,8-10,14,16,19H,3,6-7,11-13,15H2,1-2H3,(H,29,30);4-5,8-10,14,16,19,30H,3,6-7,11-13,15H2,1-2H3,(H,28,29)/t2*19-/m00/s1. The zero-order valence-corrected chi connectivity index (χ0v) is 38.9. The third kappa shape index (κ3) is 8.53. The number of aliphatic hydroxyl groups is 1. The third-order valence-corrected chi connectivity index (χ3v) is 16.1. The summed E-state index contributed by atoms with van der Waals surface area (Å²) in [4.78, 5) is 37.7. The highest BCUT2D eigenvalue weighted by molar-refractivity contribution is 7.21. The van der Waals surface area contributed by atoms with E-state index in [1.807, 2.05) is 60.7 Å². The number of fused-ring (bicyclic) bond motifs is 4. The Bertz CT molecular complexity index is 2480. The van der Waals surface area contributed by atoms with Crippen LogP contribution >= 0.6 is 22.7 Å². The fraction of sp³-hybridized carbons (Fsp3) is 0.462. The summed E-state index contributed by atoms with van der Waals surface area (Å²) in [6, 6.07) is 19.3. The van der Waals surface area contributed by atoms with Crippen molar-refractivity contribution in [2.75, 3.05) is 13.2 Å². The molecule has 2 amide bonds. The Hall–Kier alpha value is -4.91. The number of carbonyl (C=O) groups is 2. The van der Waals surface area contributed by atoms with Gasteiger partial charge >= 0.3 is 0 Å². The normalized spacial score (nSPS) is 20.1. The number of alkyl halides is 1. The number of hydrogen-bond acceptors (Lipinski definition) is 9. The van der Waals surface area contributed by atoms with Crippen LogP contribution in [-0.2, 0) is 11.3 Å². The molecule has 4 aliphatic rings. The minimum Gasteiger partial charge on any atom is -0.493 e. The van der Waals surface area contributed by atoms with Gasteiger partial charge in [0.1, 0.15) is 17.2 Å². The van der Waals surface area contributed by atoms with Gasteiger partial charge in [0.05, 0.1) is 61.1 Å². The van der Waals surface area contributed by atoms with Gasteiger partial charge in [0.15, 0.2) is 0 Å². The van der Waals surface area contributed by atoms with Crippen LogP contribution in [0.1, 0.15) is 181 Å². The Morgan fingerprint density at radius 1 is 0.656 bits per heavy atom. The molecule has 0 radical (unpaired) electrons. The first-order valence-electron chi connectivity index (χ1n) is 23.3. The zero-order chi connectivity index (χ0) is 44.6. The summed E-state index contributed by atoms with van der Waals surface area (Å²) in [5.41, 5.74) is 5.05. The number of amides is 2. The minimum absolute atomic E-state index is 0.0695. The Kier molecular flexibility index (Phi) is 12.8. The molecular weight excluding hydrogens is 844 g/mol. The number of nitrogens with zero attached hydrogens (tertiary/aromatic N) is 2. The first-order valence-corrected chi connectivity index (χ1v) is 24.9. The second kappa shape index (κ2) is 18.5. The van der Waals surface area contributed by atoms with Crippen molar-refractivity contribution in [2.24, 2.45) is 0 Å². The van der Waals surface area contributed by atoms with E-state index in [-0.39, 0.29) is 35.7 Å². The number of hydrogen-bond donors (Lipinski definition) is 3. The maximum Gasteiger partial charge on any atom is 0.262 e. The largest absolute Gasteiger partial charge is 0.493 e. The number of benzene rings is 2. The molecule has 6 aromatic rings. The molecule has 2 aliphatic carbocycles. The minimum atomic E-state index is -1.33. The maximum absolute atomic E-state index is 16.0. The summed E-state index contributed by atoms with van der Waals surface area (Å²) < 4.78 is 29.3. The summed E-state index contributed by atoms with van der Waals surface area (Å²) >= 11 is 2.89. The number of pyridine rings is 2. The lowest BCUT2D eigenvalue weighted by Gasteiger charge is -2.32. The van der Waals surface area contributed by atoms with Crippen molar-refractivity contribution < 1.29 is 28.6 Å². The number of nitrogens with one attached hydrogen (secondary N) is 2. The molecular formula is C52H59FN4O5S2. The highest BCUT2D eigenvalue weighted by Gasteiger charge is 2.38. The molecule has 10 rings (SSSR count). The number of aromatic nitrogens is 2. The van der Waals surface area contributed by atoms with Gasteiger partial charge in [-0.05, 0) is 74.6 Å². The highest BCUT2D eigenvalue weighted by Crippen LogP contribution is 2.48. The molecule has 336 valence electrons. The Balaban J connectivity index is 0.000000162. The van der Waals surface area contributed by atoms with E-state index < -0.39 is 11.3 Å². The van der Waals surface area contributed by atoms with E-state index in [4.69, 9.17) is 9.47 Å². The van der Waals surface area contributed by atoms with E-state index in [1.165, 1.54) is 29.1 Å². The van der Waals surface area contributed by atoms with Crippen LogP contribution in [0.25, 0.3) is 20.4 Å². The number of halogens is 1. The van der Waals surface area contributed by atoms with Gasteiger partial charge in [0, 0.05) is 58.6 Å². The number of carbonyl (C=O) groups excluding carboxylic acids is 2. The molecule has 2 aliphatic heterocycles. The molecule has 2 atom stereocenters. The second-order valence-electron chi connectivity index (χ2n) is 18.6. The Labute approximate surface area is 383 Å². The van der Waals surface area contributed by atoms with Crippen molar-refractivity contribution in [2.45, 2.75) is 140 Å². The average molecular weight is 903 g/mol.